The van der Waals surface area contributed by atoms with E-state index < -0.39 is 15.8 Å². The summed E-state index contributed by atoms with van der Waals surface area (Å²) in [5, 5.41) is 8.33. The van der Waals surface area contributed by atoms with Crippen molar-refractivity contribution in [3.63, 3.8) is 0 Å². The standard InChI is InChI=1S/C8H6Br2N2O2S/c9-6-2-1-3-7(10)8(6)12-15(13,14)5-4-11/h1-3,12H,5H2. The van der Waals surface area contributed by atoms with E-state index in [9.17, 15) is 8.42 Å². The van der Waals surface area contributed by atoms with Gasteiger partial charge in [0.25, 0.3) is 0 Å². The summed E-state index contributed by atoms with van der Waals surface area (Å²) >= 11 is 6.42. The van der Waals surface area contributed by atoms with Gasteiger partial charge in [0, 0.05) is 8.95 Å². The summed E-state index contributed by atoms with van der Waals surface area (Å²) in [5.41, 5.74) is 0.396. The maximum atomic E-state index is 11.3. The Bertz CT molecular complexity index is 488. The summed E-state index contributed by atoms with van der Waals surface area (Å²) in [4.78, 5) is 0. The first-order chi connectivity index (χ1) is 6.96. The van der Waals surface area contributed by atoms with Crippen molar-refractivity contribution in [1.82, 2.24) is 0 Å². The van der Waals surface area contributed by atoms with Crippen LogP contribution in [-0.4, -0.2) is 14.2 Å². The lowest BCUT2D eigenvalue weighted by atomic mass is 10.3. The van der Waals surface area contributed by atoms with Crippen molar-refractivity contribution in [1.29, 1.82) is 5.26 Å². The number of rotatable bonds is 3. The zero-order valence-corrected chi connectivity index (χ0v) is 11.4. The molecule has 0 aliphatic heterocycles. The minimum Gasteiger partial charge on any atom is -0.280 e. The average molecular weight is 354 g/mol. The second-order valence-corrected chi connectivity index (χ2v) is 6.05. The van der Waals surface area contributed by atoms with Crippen LogP contribution in [0.25, 0.3) is 0 Å². The van der Waals surface area contributed by atoms with E-state index in [0.717, 1.165) is 0 Å². The third kappa shape index (κ3) is 3.48. The Hall–Kier alpha value is -0.580. The third-order valence-corrected chi connectivity index (χ3v) is 3.82. The lowest BCUT2D eigenvalue weighted by Gasteiger charge is -2.08. The van der Waals surface area contributed by atoms with E-state index in [1.165, 1.54) is 0 Å². The van der Waals surface area contributed by atoms with Gasteiger partial charge in [-0.3, -0.25) is 4.72 Å². The Morgan fingerprint density at radius 2 is 1.87 bits per heavy atom. The van der Waals surface area contributed by atoms with E-state index in [0.29, 0.717) is 14.6 Å². The molecule has 0 radical (unpaired) electrons. The van der Waals surface area contributed by atoms with Crippen LogP contribution >= 0.6 is 31.9 Å². The van der Waals surface area contributed by atoms with Gasteiger partial charge in [-0.2, -0.15) is 5.26 Å². The molecule has 0 aliphatic carbocycles. The number of nitrogens with one attached hydrogen (secondary N) is 1. The second-order valence-electron chi connectivity index (χ2n) is 2.62. The fourth-order valence-electron chi connectivity index (χ4n) is 0.872. The molecule has 0 heterocycles. The van der Waals surface area contributed by atoms with Crippen LogP contribution in [0.4, 0.5) is 5.69 Å². The Balaban J connectivity index is 3.06. The van der Waals surface area contributed by atoms with Crippen LogP contribution in [0.3, 0.4) is 0 Å². The third-order valence-electron chi connectivity index (χ3n) is 1.47. The summed E-state index contributed by atoms with van der Waals surface area (Å²) < 4.78 is 26.2. The summed E-state index contributed by atoms with van der Waals surface area (Å²) in [6.07, 6.45) is 0. The maximum absolute atomic E-state index is 11.3. The summed E-state index contributed by atoms with van der Waals surface area (Å²) in [7, 11) is -3.60. The lowest BCUT2D eigenvalue weighted by Crippen LogP contribution is -2.16. The van der Waals surface area contributed by atoms with Crippen LogP contribution in [0.2, 0.25) is 0 Å². The summed E-state index contributed by atoms with van der Waals surface area (Å²) in [6.45, 7) is 0. The van der Waals surface area contributed by atoms with E-state index in [2.05, 4.69) is 36.6 Å². The van der Waals surface area contributed by atoms with Crippen molar-refractivity contribution in [3.05, 3.63) is 27.1 Å². The zero-order valence-electron chi connectivity index (χ0n) is 7.37. The van der Waals surface area contributed by atoms with Crippen molar-refractivity contribution in [2.24, 2.45) is 0 Å². The molecular formula is C8H6Br2N2O2S. The van der Waals surface area contributed by atoms with Crippen molar-refractivity contribution >= 4 is 47.6 Å². The van der Waals surface area contributed by atoms with Crippen molar-refractivity contribution < 1.29 is 8.42 Å². The molecule has 15 heavy (non-hydrogen) atoms. The van der Waals surface area contributed by atoms with Crippen LogP contribution in [0.5, 0.6) is 0 Å². The molecule has 80 valence electrons. The van der Waals surface area contributed by atoms with Crippen LogP contribution in [-0.2, 0) is 10.0 Å². The van der Waals surface area contributed by atoms with Gasteiger partial charge in [0.2, 0.25) is 10.0 Å². The van der Waals surface area contributed by atoms with Crippen LogP contribution in [0.15, 0.2) is 27.1 Å². The molecule has 0 atom stereocenters. The van der Waals surface area contributed by atoms with Gasteiger partial charge >= 0.3 is 0 Å². The van der Waals surface area contributed by atoms with E-state index >= 15 is 0 Å². The van der Waals surface area contributed by atoms with Crippen molar-refractivity contribution in [2.45, 2.75) is 0 Å². The maximum Gasteiger partial charge on any atom is 0.246 e. The first kappa shape index (κ1) is 12.5. The molecule has 1 N–H and O–H groups in total. The summed E-state index contributed by atoms with van der Waals surface area (Å²) in [6, 6.07) is 6.75. The molecule has 1 rings (SSSR count). The molecule has 0 fully saturated rings. The van der Waals surface area contributed by atoms with Crippen LogP contribution < -0.4 is 4.72 Å². The molecule has 0 amide bonds. The number of nitrogens with zero attached hydrogens (tertiary/aromatic N) is 1. The largest absolute Gasteiger partial charge is 0.280 e. The second kappa shape index (κ2) is 4.96. The van der Waals surface area contributed by atoms with Gasteiger partial charge in [-0.05, 0) is 44.0 Å². The van der Waals surface area contributed by atoms with Gasteiger partial charge < -0.3 is 0 Å². The Kier molecular flexibility index (Phi) is 4.13. The van der Waals surface area contributed by atoms with Gasteiger partial charge in [0.1, 0.15) is 0 Å². The fourth-order valence-corrected chi connectivity index (χ4v) is 3.10. The molecule has 0 spiro atoms. The molecule has 0 bridgehead atoms. The highest BCUT2D eigenvalue weighted by Crippen LogP contribution is 2.31. The topological polar surface area (TPSA) is 70.0 Å². The number of benzene rings is 1. The number of hydrogen-bond donors (Lipinski definition) is 1. The lowest BCUT2D eigenvalue weighted by molar-refractivity contribution is 0.604. The number of halogens is 2. The zero-order chi connectivity index (χ0) is 11.5. The van der Waals surface area contributed by atoms with Gasteiger partial charge in [0.15, 0.2) is 5.75 Å². The quantitative estimate of drug-likeness (QED) is 0.907. The molecule has 0 aromatic heterocycles. The van der Waals surface area contributed by atoms with Crippen LogP contribution in [0, 0.1) is 11.3 Å². The van der Waals surface area contributed by atoms with Crippen molar-refractivity contribution in [3.8, 4) is 6.07 Å². The molecule has 4 nitrogen and oxygen atoms in total. The number of nitriles is 1. The van der Waals surface area contributed by atoms with Gasteiger partial charge in [-0.25, -0.2) is 8.42 Å². The van der Waals surface area contributed by atoms with Gasteiger partial charge in [-0.1, -0.05) is 6.07 Å². The number of para-hydroxylation sites is 1. The minimum absolute atomic E-state index is 0.396. The van der Waals surface area contributed by atoms with Gasteiger partial charge in [0.05, 0.1) is 11.8 Å². The first-order valence-corrected chi connectivity index (χ1v) is 7.01. The molecule has 0 unspecified atom stereocenters. The highest BCUT2D eigenvalue weighted by Gasteiger charge is 2.13. The summed E-state index contributed by atoms with van der Waals surface area (Å²) in [5.74, 6) is -0.569. The predicted octanol–water partition coefficient (Wildman–Crippen LogP) is 2.48. The van der Waals surface area contributed by atoms with E-state index in [1.807, 2.05) is 0 Å². The predicted molar refractivity (Wildman–Crippen MR) is 64.9 cm³/mol. The average Bonchev–Trinajstić information content (AvgIpc) is 2.11. The Morgan fingerprint density at radius 1 is 1.33 bits per heavy atom. The molecule has 7 heteroatoms. The Morgan fingerprint density at radius 3 is 2.33 bits per heavy atom. The monoisotopic (exact) mass is 352 g/mol. The molecule has 0 aliphatic rings. The van der Waals surface area contributed by atoms with E-state index in [-0.39, 0.29) is 0 Å². The molecule has 0 saturated carbocycles. The molecule has 0 saturated heterocycles. The molecule has 1 aromatic rings. The van der Waals surface area contributed by atoms with Gasteiger partial charge in [-0.15, -0.1) is 0 Å². The highest BCUT2D eigenvalue weighted by atomic mass is 79.9. The highest BCUT2D eigenvalue weighted by molar-refractivity contribution is 9.11. The minimum atomic E-state index is -3.60. The van der Waals surface area contributed by atoms with Crippen molar-refractivity contribution in [2.75, 3.05) is 10.5 Å². The normalized spacial score (nSPS) is 10.7. The first-order valence-electron chi connectivity index (χ1n) is 3.78. The Labute approximate surface area is 105 Å². The fraction of sp³-hybridized carbons (Fsp3) is 0.125. The van der Waals surface area contributed by atoms with Crippen LogP contribution in [0.1, 0.15) is 0 Å². The number of anilines is 1. The SMILES string of the molecule is N#CCS(=O)(=O)Nc1c(Br)cccc1Br. The van der Waals surface area contributed by atoms with E-state index in [4.69, 9.17) is 5.26 Å². The smallest absolute Gasteiger partial charge is 0.246 e. The number of hydrogen-bond acceptors (Lipinski definition) is 3. The number of sulfonamides is 1. The molecule has 1 aromatic carbocycles. The molecular weight excluding hydrogens is 348 g/mol. The van der Waals surface area contributed by atoms with E-state index in [1.54, 1.807) is 24.3 Å².